The molecule has 2 N–H and O–H groups in total. The highest BCUT2D eigenvalue weighted by molar-refractivity contribution is 7.11. The van der Waals surface area contributed by atoms with Crippen molar-refractivity contribution < 1.29 is 0 Å². The Balaban J connectivity index is 1.54. The van der Waals surface area contributed by atoms with E-state index in [4.69, 9.17) is 0 Å². The molecule has 0 fully saturated rings. The number of aryl methyl sites for hydroxylation is 2. The molecule has 0 aliphatic carbocycles. The van der Waals surface area contributed by atoms with Crippen LogP contribution in [0, 0.1) is 6.92 Å². The van der Waals surface area contributed by atoms with Crippen LogP contribution in [0.2, 0.25) is 0 Å². The first-order chi connectivity index (χ1) is 12.3. The predicted octanol–water partition coefficient (Wildman–Crippen LogP) is 2.07. The first-order valence-electron chi connectivity index (χ1n) is 9.10. The summed E-state index contributed by atoms with van der Waals surface area (Å²) in [6, 6.07) is 0. The molecule has 0 aromatic carbocycles. The van der Waals surface area contributed by atoms with Gasteiger partial charge in [-0.15, -0.1) is 21.5 Å². The van der Waals surface area contributed by atoms with Gasteiger partial charge >= 0.3 is 0 Å². The predicted molar refractivity (Wildman–Crippen MR) is 101 cm³/mol. The minimum atomic E-state index is 0.605. The van der Waals surface area contributed by atoms with Crippen LogP contribution in [0.15, 0.2) is 11.2 Å². The van der Waals surface area contributed by atoms with Crippen molar-refractivity contribution in [2.24, 2.45) is 4.99 Å². The molecule has 3 rings (SSSR count). The van der Waals surface area contributed by atoms with Gasteiger partial charge in [-0.1, -0.05) is 6.42 Å². The number of thiazole rings is 1. The standard InChI is InChI=1S/C17H27N7S/c1-3-18-17(21-12-16-20-11-13(2)25-16)19-9-8-15-23-22-14-7-5-4-6-10-24(14)15/h11H,3-10,12H2,1-2H3,(H2,18,19,21). The molecule has 0 unspecified atom stereocenters. The van der Waals surface area contributed by atoms with Crippen LogP contribution < -0.4 is 10.6 Å². The van der Waals surface area contributed by atoms with Crippen molar-refractivity contribution in [2.45, 2.75) is 59.0 Å². The van der Waals surface area contributed by atoms with Gasteiger partial charge in [0.2, 0.25) is 0 Å². The van der Waals surface area contributed by atoms with Crippen LogP contribution in [0.25, 0.3) is 0 Å². The van der Waals surface area contributed by atoms with Crippen molar-refractivity contribution in [1.82, 2.24) is 30.4 Å². The summed E-state index contributed by atoms with van der Waals surface area (Å²) in [6.07, 6.45) is 7.54. The summed E-state index contributed by atoms with van der Waals surface area (Å²) in [5.74, 6) is 3.05. The van der Waals surface area contributed by atoms with Gasteiger partial charge in [-0.3, -0.25) is 0 Å². The van der Waals surface area contributed by atoms with Gasteiger partial charge in [0.15, 0.2) is 5.96 Å². The lowest BCUT2D eigenvalue weighted by Gasteiger charge is -2.11. The maximum Gasteiger partial charge on any atom is 0.191 e. The topological polar surface area (TPSA) is 80.0 Å². The summed E-state index contributed by atoms with van der Waals surface area (Å²) in [7, 11) is 0. The van der Waals surface area contributed by atoms with E-state index < -0.39 is 0 Å². The van der Waals surface area contributed by atoms with E-state index in [9.17, 15) is 0 Å². The maximum absolute atomic E-state index is 4.62. The maximum atomic E-state index is 4.62. The molecule has 0 atom stereocenters. The Morgan fingerprint density at radius 1 is 1.28 bits per heavy atom. The fraction of sp³-hybridized carbons (Fsp3) is 0.647. The molecule has 0 radical (unpaired) electrons. The number of guanidine groups is 1. The number of aromatic nitrogens is 4. The Morgan fingerprint density at radius 2 is 2.20 bits per heavy atom. The highest BCUT2D eigenvalue weighted by atomic mass is 32.1. The van der Waals surface area contributed by atoms with Gasteiger partial charge in [-0.25, -0.2) is 9.98 Å². The normalized spacial score (nSPS) is 14.9. The highest BCUT2D eigenvalue weighted by Gasteiger charge is 2.14. The Labute approximate surface area is 153 Å². The molecular weight excluding hydrogens is 334 g/mol. The van der Waals surface area contributed by atoms with Crippen LogP contribution in [0.1, 0.15) is 47.7 Å². The summed E-state index contributed by atoms with van der Waals surface area (Å²) < 4.78 is 2.30. The summed E-state index contributed by atoms with van der Waals surface area (Å²) in [4.78, 5) is 10.2. The van der Waals surface area contributed by atoms with Gasteiger partial charge < -0.3 is 15.2 Å². The molecule has 0 saturated carbocycles. The van der Waals surface area contributed by atoms with Gasteiger partial charge in [-0.2, -0.15) is 0 Å². The molecule has 3 heterocycles. The molecule has 0 amide bonds. The van der Waals surface area contributed by atoms with Crippen LogP contribution in [-0.4, -0.2) is 38.8 Å². The van der Waals surface area contributed by atoms with Gasteiger partial charge in [0.1, 0.15) is 16.7 Å². The molecular formula is C17H27N7S. The largest absolute Gasteiger partial charge is 0.357 e. The molecule has 0 spiro atoms. The summed E-state index contributed by atoms with van der Waals surface area (Å²) >= 11 is 1.69. The summed E-state index contributed by atoms with van der Waals surface area (Å²) in [6.45, 7) is 7.42. The van der Waals surface area contributed by atoms with E-state index in [1.165, 1.54) is 24.1 Å². The molecule has 0 bridgehead atoms. The summed E-state index contributed by atoms with van der Waals surface area (Å²) in [5, 5.41) is 16.5. The molecule has 1 aliphatic rings. The third-order valence-corrected chi connectivity index (χ3v) is 5.11. The Bertz CT molecular complexity index is 704. The molecule has 1 aliphatic heterocycles. The van der Waals surface area contributed by atoms with Crippen molar-refractivity contribution in [3.63, 3.8) is 0 Å². The van der Waals surface area contributed by atoms with Crippen molar-refractivity contribution in [3.05, 3.63) is 27.7 Å². The smallest absolute Gasteiger partial charge is 0.191 e. The molecule has 7 nitrogen and oxygen atoms in total. The molecule has 2 aromatic heterocycles. The van der Waals surface area contributed by atoms with E-state index >= 15 is 0 Å². The molecule has 136 valence electrons. The third-order valence-electron chi connectivity index (χ3n) is 4.21. The Kier molecular flexibility index (Phi) is 6.38. The zero-order valence-electron chi connectivity index (χ0n) is 15.1. The number of rotatable bonds is 6. The van der Waals surface area contributed by atoms with Crippen molar-refractivity contribution in [2.75, 3.05) is 13.1 Å². The number of nitrogens with one attached hydrogen (secondary N) is 2. The van der Waals surface area contributed by atoms with Crippen LogP contribution in [0.3, 0.4) is 0 Å². The second-order valence-electron chi connectivity index (χ2n) is 6.23. The Hall–Kier alpha value is -1.96. The third kappa shape index (κ3) is 5.01. The van der Waals surface area contributed by atoms with E-state index in [-0.39, 0.29) is 0 Å². The van der Waals surface area contributed by atoms with Gasteiger partial charge in [-0.05, 0) is 26.7 Å². The number of hydrogen-bond acceptors (Lipinski definition) is 5. The van der Waals surface area contributed by atoms with Crippen LogP contribution >= 0.6 is 11.3 Å². The van der Waals surface area contributed by atoms with Crippen molar-refractivity contribution in [1.29, 1.82) is 0 Å². The fourth-order valence-corrected chi connectivity index (χ4v) is 3.70. The molecule has 8 heteroatoms. The van der Waals surface area contributed by atoms with Gasteiger partial charge in [0, 0.05) is 43.5 Å². The van der Waals surface area contributed by atoms with Gasteiger partial charge in [0.05, 0.1) is 6.54 Å². The second-order valence-corrected chi connectivity index (χ2v) is 7.55. The SMILES string of the molecule is CCNC(=NCc1ncc(C)s1)NCCc1nnc2n1CCCCC2. The lowest BCUT2D eigenvalue weighted by atomic mass is 10.2. The van der Waals surface area contributed by atoms with E-state index in [2.05, 4.69) is 49.2 Å². The summed E-state index contributed by atoms with van der Waals surface area (Å²) in [5.41, 5.74) is 0. The minimum absolute atomic E-state index is 0.605. The van der Waals surface area contributed by atoms with E-state index in [0.717, 1.165) is 55.1 Å². The minimum Gasteiger partial charge on any atom is -0.357 e. The second kappa shape index (κ2) is 8.94. The molecule has 25 heavy (non-hydrogen) atoms. The zero-order valence-corrected chi connectivity index (χ0v) is 15.9. The lowest BCUT2D eigenvalue weighted by Crippen LogP contribution is -2.38. The lowest BCUT2D eigenvalue weighted by molar-refractivity contribution is 0.600. The first kappa shape index (κ1) is 17.8. The van der Waals surface area contributed by atoms with Crippen LogP contribution in [-0.2, 0) is 25.9 Å². The van der Waals surface area contributed by atoms with E-state index in [1.807, 2.05) is 6.20 Å². The molecule has 2 aromatic rings. The number of aliphatic imine (C=N–C) groups is 1. The highest BCUT2D eigenvalue weighted by Crippen LogP contribution is 2.14. The monoisotopic (exact) mass is 361 g/mol. The van der Waals surface area contributed by atoms with E-state index in [1.54, 1.807) is 11.3 Å². The Morgan fingerprint density at radius 3 is 3.00 bits per heavy atom. The van der Waals surface area contributed by atoms with Crippen molar-refractivity contribution in [3.8, 4) is 0 Å². The average molecular weight is 362 g/mol. The number of fused-ring (bicyclic) bond motifs is 1. The van der Waals surface area contributed by atoms with Crippen LogP contribution in [0.5, 0.6) is 0 Å². The number of nitrogens with zero attached hydrogens (tertiary/aromatic N) is 5. The quantitative estimate of drug-likeness (QED) is 0.608. The number of hydrogen-bond donors (Lipinski definition) is 2. The first-order valence-corrected chi connectivity index (χ1v) is 9.92. The average Bonchev–Trinajstić information content (AvgIpc) is 3.11. The van der Waals surface area contributed by atoms with E-state index in [0.29, 0.717) is 6.54 Å². The van der Waals surface area contributed by atoms with Crippen molar-refractivity contribution >= 4 is 17.3 Å². The molecule has 0 saturated heterocycles. The van der Waals surface area contributed by atoms with Gasteiger partial charge in [0.25, 0.3) is 0 Å². The van der Waals surface area contributed by atoms with Crippen LogP contribution in [0.4, 0.5) is 0 Å². The fourth-order valence-electron chi connectivity index (χ4n) is 2.99. The zero-order chi connectivity index (χ0) is 17.5.